The molecule has 1 heterocycles. The maximum Gasteiger partial charge on any atom is 0.332 e. The highest BCUT2D eigenvalue weighted by molar-refractivity contribution is 6.28. The van der Waals surface area contributed by atoms with E-state index in [0.717, 1.165) is 5.56 Å². The number of methoxy groups -OCH3 is 2. The molecule has 1 N–H and O–H groups in total. The number of ether oxygens (including phenoxy) is 2. The molecular weight excluding hydrogens is 324 g/mol. The standard InChI is InChI=1S/C14H15ClN4O4/c1-8-12(19(20)21)13(18-14(15)17-8)16-7-9-4-5-10(22-2)6-11(9)23-3/h4-6H,7H2,1-3H3,(H,16,17,18). The van der Waals surface area contributed by atoms with E-state index in [0.29, 0.717) is 11.5 Å². The van der Waals surface area contributed by atoms with E-state index in [4.69, 9.17) is 21.1 Å². The van der Waals surface area contributed by atoms with E-state index in [9.17, 15) is 10.1 Å². The van der Waals surface area contributed by atoms with E-state index in [-0.39, 0.29) is 29.0 Å². The molecule has 0 aliphatic carbocycles. The van der Waals surface area contributed by atoms with Crippen LogP contribution in [-0.4, -0.2) is 29.1 Å². The van der Waals surface area contributed by atoms with Crippen LogP contribution >= 0.6 is 11.6 Å². The molecule has 0 aliphatic heterocycles. The summed E-state index contributed by atoms with van der Waals surface area (Å²) < 4.78 is 10.4. The molecule has 0 saturated heterocycles. The molecule has 1 aromatic heterocycles. The van der Waals surface area contributed by atoms with Crippen LogP contribution in [0.4, 0.5) is 11.5 Å². The lowest BCUT2D eigenvalue weighted by Gasteiger charge is -2.12. The van der Waals surface area contributed by atoms with Gasteiger partial charge in [0.2, 0.25) is 11.1 Å². The highest BCUT2D eigenvalue weighted by Gasteiger charge is 2.21. The van der Waals surface area contributed by atoms with Crippen LogP contribution in [-0.2, 0) is 6.54 Å². The fraction of sp³-hybridized carbons (Fsp3) is 0.286. The predicted octanol–water partition coefficient (Wildman–Crippen LogP) is 2.98. The molecule has 2 aromatic rings. The highest BCUT2D eigenvalue weighted by Crippen LogP contribution is 2.29. The van der Waals surface area contributed by atoms with Crippen molar-refractivity contribution in [3.63, 3.8) is 0 Å². The Hall–Kier alpha value is -2.61. The lowest BCUT2D eigenvalue weighted by molar-refractivity contribution is -0.385. The summed E-state index contributed by atoms with van der Waals surface area (Å²) in [7, 11) is 3.09. The number of hydrogen-bond donors (Lipinski definition) is 1. The van der Waals surface area contributed by atoms with Crippen LogP contribution in [0.3, 0.4) is 0 Å². The van der Waals surface area contributed by atoms with Crippen molar-refractivity contribution in [2.75, 3.05) is 19.5 Å². The van der Waals surface area contributed by atoms with Crippen LogP contribution in [0, 0.1) is 17.0 Å². The number of nitrogens with zero attached hydrogens (tertiary/aromatic N) is 3. The first-order chi connectivity index (χ1) is 11.0. The number of aryl methyl sites for hydroxylation is 1. The number of aromatic nitrogens is 2. The summed E-state index contributed by atoms with van der Waals surface area (Å²) >= 11 is 5.78. The Balaban J connectivity index is 2.29. The molecule has 2 rings (SSSR count). The quantitative estimate of drug-likeness (QED) is 0.491. The summed E-state index contributed by atoms with van der Waals surface area (Å²) in [5.41, 5.74) is 0.774. The zero-order valence-electron chi connectivity index (χ0n) is 12.8. The molecule has 122 valence electrons. The topological polar surface area (TPSA) is 99.4 Å². The van der Waals surface area contributed by atoms with E-state index in [2.05, 4.69) is 15.3 Å². The fourth-order valence-electron chi connectivity index (χ4n) is 2.05. The van der Waals surface area contributed by atoms with Gasteiger partial charge in [0.1, 0.15) is 17.2 Å². The van der Waals surface area contributed by atoms with Crippen LogP contribution in [0.1, 0.15) is 11.3 Å². The van der Waals surface area contributed by atoms with Crippen molar-refractivity contribution in [1.29, 1.82) is 0 Å². The molecule has 0 saturated carbocycles. The summed E-state index contributed by atoms with van der Waals surface area (Å²) in [6.45, 7) is 1.77. The van der Waals surface area contributed by atoms with Crippen LogP contribution in [0.2, 0.25) is 5.28 Å². The van der Waals surface area contributed by atoms with Gasteiger partial charge in [0.25, 0.3) is 0 Å². The Bertz CT molecular complexity index is 739. The number of anilines is 1. The molecule has 0 amide bonds. The third-order valence-corrected chi connectivity index (χ3v) is 3.32. The van der Waals surface area contributed by atoms with Gasteiger partial charge in [-0.25, -0.2) is 4.98 Å². The average molecular weight is 339 g/mol. The Morgan fingerprint density at radius 2 is 2.04 bits per heavy atom. The molecule has 0 fully saturated rings. The van der Waals surface area contributed by atoms with Crippen molar-refractivity contribution >= 4 is 23.1 Å². The first-order valence-electron chi connectivity index (χ1n) is 6.59. The number of halogens is 1. The third-order valence-electron chi connectivity index (χ3n) is 3.15. The molecule has 0 aliphatic rings. The Morgan fingerprint density at radius 1 is 1.30 bits per heavy atom. The second-order valence-electron chi connectivity index (χ2n) is 4.56. The van der Waals surface area contributed by atoms with Gasteiger partial charge in [-0.1, -0.05) is 0 Å². The molecule has 23 heavy (non-hydrogen) atoms. The van der Waals surface area contributed by atoms with E-state index >= 15 is 0 Å². The molecule has 1 aromatic carbocycles. The van der Waals surface area contributed by atoms with E-state index in [1.54, 1.807) is 25.3 Å². The van der Waals surface area contributed by atoms with E-state index in [1.165, 1.54) is 14.0 Å². The molecule has 8 nitrogen and oxygen atoms in total. The molecule has 0 bridgehead atoms. The van der Waals surface area contributed by atoms with Gasteiger partial charge in [0, 0.05) is 18.2 Å². The minimum absolute atomic E-state index is 0.0581. The van der Waals surface area contributed by atoms with Gasteiger partial charge >= 0.3 is 5.69 Å². The van der Waals surface area contributed by atoms with Gasteiger partial charge in [0.15, 0.2) is 0 Å². The van der Waals surface area contributed by atoms with Crippen LogP contribution in [0.15, 0.2) is 18.2 Å². The van der Waals surface area contributed by atoms with Gasteiger partial charge in [-0.3, -0.25) is 10.1 Å². The van der Waals surface area contributed by atoms with Crippen molar-refractivity contribution in [3.05, 3.63) is 44.9 Å². The van der Waals surface area contributed by atoms with Gasteiger partial charge in [-0.05, 0) is 30.7 Å². The number of hydrogen-bond acceptors (Lipinski definition) is 7. The van der Waals surface area contributed by atoms with Crippen molar-refractivity contribution < 1.29 is 14.4 Å². The van der Waals surface area contributed by atoms with Crippen molar-refractivity contribution in [2.24, 2.45) is 0 Å². The maximum atomic E-state index is 11.2. The Labute approximate surface area is 137 Å². The first kappa shape index (κ1) is 16.8. The largest absolute Gasteiger partial charge is 0.497 e. The van der Waals surface area contributed by atoms with Crippen LogP contribution < -0.4 is 14.8 Å². The zero-order chi connectivity index (χ0) is 17.0. The maximum absolute atomic E-state index is 11.2. The summed E-state index contributed by atoms with van der Waals surface area (Å²) in [5.74, 6) is 1.30. The normalized spacial score (nSPS) is 10.3. The minimum Gasteiger partial charge on any atom is -0.497 e. The Morgan fingerprint density at radius 3 is 2.65 bits per heavy atom. The molecule has 0 spiro atoms. The second-order valence-corrected chi connectivity index (χ2v) is 4.90. The summed E-state index contributed by atoms with van der Waals surface area (Å²) in [5, 5.41) is 14.0. The SMILES string of the molecule is COc1ccc(CNc2nc(Cl)nc(C)c2[N+](=O)[O-])c(OC)c1. The Kier molecular flexibility index (Phi) is 5.17. The van der Waals surface area contributed by atoms with Crippen molar-refractivity contribution in [3.8, 4) is 11.5 Å². The minimum atomic E-state index is -0.542. The lowest BCUT2D eigenvalue weighted by Crippen LogP contribution is -2.08. The molecular formula is C14H15ClN4O4. The van der Waals surface area contributed by atoms with Gasteiger partial charge in [-0.2, -0.15) is 4.98 Å². The fourth-order valence-corrected chi connectivity index (χ4v) is 2.26. The highest BCUT2D eigenvalue weighted by atomic mass is 35.5. The second kappa shape index (κ2) is 7.10. The third kappa shape index (κ3) is 3.78. The number of nitro groups is 1. The van der Waals surface area contributed by atoms with Gasteiger partial charge in [-0.15, -0.1) is 0 Å². The van der Waals surface area contributed by atoms with Crippen LogP contribution in [0.5, 0.6) is 11.5 Å². The summed E-state index contributed by atoms with van der Waals surface area (Å²) in [6.07, 6.45) is 0. The predicted molar refractivity (Wildman–Crippen MR) is 85.3 cm³/mol. The molecule has 0 unspecified atom stereocenters. The summed E-state index contributed by atoms with van der Waals surface area (Å²) in [6, 6.07) is 5.29. The number of nitrogens with one attached hydrogen (secondary N) is 1. The number of rotatable bonds is 6. The smallest absolute Gasteiger partial charge is 0.332 e. The average Bonchev–Trinajstić information content (AvgIpc) is 2.51. The molecule has 0 radical (unpaired) electrons. The zero-order valence-corrected chi connectivity index (χ0v) is 13.5. The van der Waals surface area contributed by atoms with Gasteiger partial charge in [0.05, 0.1) is 19.1 Å². The lowest BCUT2D eigenvalue weighted by atomic mass is 10.2. The van der Waals surface area contributed by atoms with E-state index in [1.807, 2.05) is 0 Å². The van der Waals surface area contributed by atoms with Crippen LogP contribution in [0.25, 0.3) is 0 Å². The van der Waals surface area contributed by atoms with Crippen molar-refractivity contribution in [2.45, 2.75) is 13.5 Å². The first-order valence-corrected chi connectivity index (χ1v) is 6.97. The molecule has 9 heteroatoms. The molecule has 0 atom stereocenters. The van der Waals surface area contributed by atoms with E-state index < -0.39 is 4.92 Å². The van der Waals surface area contributed by atoms with Crippen molar-refractivity contribution in [1.82, 2.24) is 9.97 Å². The summed E-state index contributed by atoms with van der Waals surface area (Å²) in [4.78, 5) is 18.3. The van der Waals surface area contributed by atoms with Gasteiger partial charge < -0.3 is 14.8 Å². The monoisotopic (exact) mass is 338 g/mol. The number of benzene rings is 1.